The molecule has 0 aliphatic heterocycles. The van der Waals surface area contributed by atoms with Crippen LogP contribution in [0.5, 0.6) is 5.88 Å². The first kappa shape index (κ1) is 15.1. The second kappa shape index (κ2) is 6.93. The van der Waals surface area contributed by atoms with Crippen molar-refractivity contribution in [2.75, 3.05) is 7.11 Å². The fraction of sp³-hybridized carbons (Fsp3) is 0.267. The molecule has 1 N–H and O–H groups in total. The Morgan fingerprint density at radius 2 is 2.10 bits per heavy atom. The van der Waals surface area contributed by atoms with Gasteiger partial charge in [0.1, 0.15) is 0 Å². The first-order valence-electron chi connectivity index (χ1n) is 6.28. The van der Waals surface area contributed by atoms with Gasteiger partial charge in [0, 0.05) is 24.8 Å². The van der Waals surface area contributed by atoms with Crippen molar-refractivity contribution in [3.63, 3.8) is 0 Å². The molecule has 0 aliphatic rings. The number of benzene rings is 1. The van der Waals surface area contributed by atoms with E-state index < -0.39 is 0 Å². The molecular formula is C15H16Cl2N2O. The molecule has 20 heavy (non-hydrogen) atoms. The summed E-state index contributed by atoms with van der Waals surface area (Å²) in [6.45, 7) is 2.75. The van der Waals surface area contributed by atoms with Crippen LogP contribution in [0.15, 0.2) is 36.5 Å². The van der Waals surface area contributed by atoms with Gasteiger partial charge in [-0.3, -0.25) is 0 Å². The van der Waals surface area contributed by atoms with E-state index in [0.29, 0.717) is 22.5 Å². The number of hydrogen-bond donors (Lipinski definition) is 1. The quantitative estimate of drug-likeness (QED) is 0.896. The summed E-state index contributed by atoms with van der Waals surface area (Å²) in [7, 11) is 1.61. The summed E-state index contributed by atoms with van der Waals surface area (Å²) in [4.78, 5) is 4.08. The maximum Gasteiger partial charge on any atom is 0.213 e. The fourth-order valence-corrected chi connectivity index (χ4v) is 2.38. The summed E-state index contributed by atoms with van der Waals surface area (Å²) >= 11 is 12.2. The Balaban J connectivity index is 2.04. The van der Waals surface area contributed by atoms with Gasteiger partial charge in [0.05, 0.1) is 17.2 Å². The lowest BCUT2D eigenvalue weighted by Gasteiger charge is -2.16. The van der Waals surface area contributed by atoms with Gasteiger partial charge in [-0.2, -0.15) is 0 Å². The van der Waals surface area contributed by atoms with E-state index in [0.717, 1.165) is 11.1 Å². The molecule has 3 nitrogen and oxygen atoms in total. The van der Waals surface area contributed by atoms with Gasteiger partial charge in [0.15, 0.2) is 0 Å². The van der Waals surface area contributed by atoms with E-state index in [1.165, 1.54) is 0 Å². The Labute approximate surface area is 128 Å². The van der Waals surface area contributed by atoms with Crippen LogP contribution in [-0.2, 0) is 6.54 Å². The van der Waals surface area contributed by atoms with Crippen molar-refractivity contribution < 1.29 is 4.74 Å². The van der Waals surface area contributed by atoms with Gasteiger partial charge in [-0.25, -0.2) is 4.98 Å². The first-order chi connectivity index (χ1) is 9.61. The third-order valence-electron chi connectivity index (χ3n) is 3.07. The number of aromatic nitrogens is 1. The molecule has 1 aromatic heterocycles. The van der Waals surface area contributed by atoms with Crippen molar-refractivity contribution in [1.82, 2.24) is 10.3 Å². The van der Waals surface area contributed by atoms with E-state index in [2.05, 4.69) is 17.2 Å². The lowest BCUT2D eigenvalue weighted by atomic mass is 10.1. The first-order valence-corrected chi connectivity index (χ1v) is 7.03. The lowest BCUT2D eigenvalue weighted by Crippen LogP contribution is -2.18. The molecule has 0 aliphatic carbocycles. The molecule has 0 saturated carbocycles. The SMILES string of the molecule is COc1cc(CNC(C)c2cccc(Cl)c2Cl)ccn1. The predicted molar refractivity (Wildman–Crippen MR) is 82.5 cm³/mol. The number of methoxy groups -OCH3 is 1. The topological polar surface area (TPSA) is 34.1 Å². The maximum absolute atomic E-state index is 6.22. The number of pyridine rings is 1. The largest absolute Gasteiger partial charge is 0.481 e. The van der Waals surface area contributed by atoms with Gasteiger partial charge < -0.3 is 10.1 Å². The third-order valence-corrected chi connectivity index (χ3v) is 3.90. The molecule has 5 heteroatoms. The van der Waals surface area contributed by atoms with Crippen molar-refractivity contribution in [1.29, 1.82) is 0 Å². The number of nitrogens with one attached hydrogen (secondary N) is 1. The molecule has 106 valence electrons. The van der Waals surface area contributed by atoms with Crippen LogP contribution in [0.3, 0.4) is 0 Å². The smallest absolute Gasteiger partial charge is 0.213 e. The molecule has 2 rings (SSSR count). The highest BCUT2D eigenvalue weighted by molar-refractivity contribution is 6.42. The molecule has 2 aromatic rings. The molecule has 1 heterocycles. The number of halogens is 2. The Morgan fingerprint density at radius 1 is 1.30 bits per heavy atom. The summed E-state index contributed by atoms with van der Waals surface area (Å²) in [6, 6.07) is 9.60. The highest BCUT2D eigenvalue weighted by Gasteiger charge is 2.11. The van der Waals surface area contributed by atoms with E-state index in [1.54, 1.807) is 19.4 Å². The molecule has 0 fully saturated rings. The molecule has 0 bridgehead atoms. The Bertz CT molecular complexity index is 590. The van der Waals surface area contributed by atoms with Crippen LogP contribution < -0.4 is 10.1 Å². The number of hydrogen-bond acceptors (Lipinski definition) is 3. The molecule has 1 aromatic carbocycles. The van der Waals surface area contributed by atoms with Crippen LogP contribution in [0, 0.1) is 0 Å². The standard InChI is InChI=1S/C15H16Cl2N2O/c1-10(12-4-3-5-13(16)15(12)17)19-9-11-6-7-18-14(8-11)20-2/h3-8,10,19H,9H2,1-2H3. The van der Waals surface area contributed by atoms with E-state index >= 15 is 0 Å². The van der Waals surface area contributed by atoms with Gasteiger partial charge in [-0.05, 0) is 30.2 Å². The predicted octanol–water partition coefficient (Wildman–Crippen LogP) is 4.25. The van der Waals surface area contributed by atoms with Crippen LogP contribution in [-0.4, -0.2) is 12.1 Å². The van der Waals surface area contributed by atoms with E-state index in [-0.39, 0.29) is 6.04 Å². The minimum atomic E-state index is 0.0976. The summed E-state index contributed by atoms with van der Waals surface area (Å²) in [6.07, 6.45) is 1.73. The Kier molecular flexibility index (Phi) is 5.24. The fourth-order valence-electron chi connectivity index (χ4n) is 1.91. The van der Waals surface area contributed by atoms with Crippen molar-refractivity contribution in [3.05, 3.63) is 57.7 Å². The summed E-state index contributed by atoms with van der Waals surface area (Å²) < 4.78 is 5.10. The number of ether oxygens (including phenoxy) is 1. The van der Waals surface area contributed by atoms with Crippen molar-refractivity contribution in [2.45, 2.75) is 19.5 Å². The van der Waals surface area contributed by atoms with Crippen LogP contribution in [0.1, 0.15) is 24.1 Å². The van der Waals surface area contributed by atoms with E-state index in [4.69, 9.17) is 27.9 Å². The van der Waals surface area contributed by atoms with E-state index in [1.807, 2.05) is 24.3 Å². The van der Waals surface area contributed by atoms with Crippen molar-refractivity contribution >= 4 is 23.2 Å². The van der Waals surface area contributed by atoms with Crippen molar-refractivity contribution in [2.24, 2.45) is 0 Å². The van der Waals surface area contributed by atoms with Crippen LogP contribution >= 0.6 is 23.2 Å². The Morgan fingerprint density at radius 3 is 2.85 bits per heavy atom. The molecular weight excluding hydrogens is 295 g/mol. The van der Waals surface area contributed by atoms with Crippen LogP contribution in [0.2, 0.25) is 10.0 Å². The Hall–Kier alpha value is -1.29. The van der Waals surface area contributed by atoms with Crippen LogP contribution in [0.25, 0.3) is 0 Å². The normalized spacial score (nSPS) is 12.2. The average molecular weight is 311 g/mol. The zero-order valence-corrected chi connectivity index (χ0v) is 12.9. The zero-order chi connectivity index (χ0) is 14.5. The average Bonchev–Trinajstić information content (AvgIpc) is 2.48. The molecule has 0 radical (unpaired) electrons. The molecule has 0 saturated heterocycles. The van der Waals surface area contributed by atoms with E-state index in [9.17, 15) is 0 Å². The maximum atomic E-state index is 6.22. The minimum Gasteiger partial charge on any atom is -0.481 e. The molecule has 0 spiro atoms. The second-order valence-electron chi connectivity index (χ2n) is 4.45. The minimum absolute atomic E-state index is 0.0976. The lowest BCUT2D eigenvalue weighted by molar-refractivity contribution is 0.397. The number of nitrogens with zero attached hydrogens (tertiary/aromatic N) is 1. The molecule has 1 unspecified atom stereocenters. The number of rotatable bonds is 5. The summed E-state index contributed by atoms with van der Waals surface area (Å²) in [5.74, 6) is 0.609. The van der Waals surface area contributed by atoms with Crippen molar-refractivity contribution in [3.8, 4) is 5.88 Å². The van der Waals surface area contributed by atoms with Gasteiger partial charge in [-0.15, -0.1) is 0 Å². The highest BCUT2D eigenvalue weighted by Crippen LogP contribution is 2.29. The highest BCUT2D eigenvalue weighted by atomic mass is 35.5. The summed E-state index contributed by atoms with van der Waals surface area (Å²) in [5.41, 5.74) is 2.09. The monoisotopic (exact) mass is 310 g/mol. The van der Waals surface area contributed by atoms with Gasteiger partial charge in [0.25, 0.3) is 0 Å². The molecule has 1 atom stereocenters. The van der Waals surface area contributed by atoms with Gasteiger partial charge >= 0.3 is 0 Å². The summed E-state index contributed by atoms with van der Waals surface area (Å²) in [5, 5.41) is 4.58. The third kappa shape index (κ3) is 3.63. The van der Waals surface area contributed by atoms with Gasteiger partial charge in [-0.1, -0.05) is 35.3 Å². The molecule has 0 amide bonds. The second-order valence-corrected chi connectivity index (χ2v) is 5.24. The van der Waals surface area contributed by atoms with Gasteiger partial charge in [0.2, 0.25) is 5.88 Å². The zero-order valence-electron chi connectivity index (χ0n) is 11.4. The van der Waals surface area contributed by atoms with Crippen LogP contribution in [0.4, 0.5) is 0 Å².